The molecule has 128 valence electrons. The van der Waals surface area contributed by atoms with Gasteiger partial charge < -0.3 is 4.90 Å². The minimum absolute atomic E-state index is 0.659. The zero-order chi connectivity index (χ0) is 16.9. The van der Waals surface area contributed by atoms with E-state index in [2.05, 4.69) is 79.1 Å². The zero-order valence-corrected chi connectivity index (χ0v) is 15.3. The summed E-state index contributed by atoms with van der Waals surface area (Å²) in [7, 11) is 0. The van der Waals surface area contributed by atoms with Gasteiger partial charge in [0, 0.05) is 37.9 Å². The van der Waals surface area contributed by atoms with E-state index >= 15 is 0 Å². The molecule has 1 unspecified atom stereocenters. The molecular formula is C22H30N2. The van der Waals surface area contributed by atoms with Crippen molar-refractivity contribution in [2.45, 2.75) is 39.7 Å². The Labute approximate surface area is 147 Å². The van der Waals surface area contributed by atoms with E-state index in [0.717, 1.165) is 13.1 Å². The first-order valence-corrected chi connectivity index (χ1v) is 9.23. The number of anilines is 1. The van der Waals surface area contributed by atoms with Gasteiger partial charge in [-0.25, -0.2) is 0 Å². The first kappa shape index (κ1) is 17.0. The molecule has 1 aliphatic rings. The fourth-order valence-electron chi connectivity index (χ4n) is 3.55. The Hall–Kier alpha value is -1.80. The van der Waals surface area contributed by atoms with Crippen molar-refractivity contribution in [1.29, 1.82) is 0 Å². The van der Waals surface area contributed by atoms with Crippen molar-refractivity contribution in [3.05, 3.63) is 65.2 Å². The van der Waals surface area contributed by atoms with Gasteiger partial charge in [-0.15, -0.1) is 0 Å². The molecule has 1 atom stereocenters. The van der Waals surface area contributed by atoms with Gasteiger partial charge in [-0.3, -0.25) is 4.90 Å². The SMILES string of the molecule is Cc1ccc(N2CCN(C(C)CCc3ccccc3)CC2)cc1C. The summed E-state index contributed by atoms with van der Waals surface area (Å²) in [6, 6.07) is 18.4. The van der Waals surface area contributed by atoms with Gasteiger partial charge in [-0.2, -0.15) is 0 Å². The maximum absolute atomic E-state index is 2.65. The molecule has 3 rings (SSSR count). The van der Waals surface area contributed by atoms with E-state index in [1.165, 1.54) is 48.3 Å². The summed E-state index contributed by atoms with van der Waals surface area (Å²) in [5, 5.41) is 0. The second-order valence-corrected chi connectivity index (χ2v) is 7.16. The van der Waals surface area contributed by atoms with Gasteiger partial charge in [-0.1, -0.05) is 36.4 Å². The molecule has 0 bridgehead atoms. The van der Waals surface area contributed by atoms with E-state index in [-0.39, 0.29) is 0 Å². The quantitative estimate of drug-likeness (QED) is 0.802. The number of benzene rings is 2. The number of nitrogens with zero attached hydrogens (tertiary/aromatic N) is 2. The van der Waals surface area contributed by atoms with E-state index in [1.807, 2.05) is 0 Å². The normalized spacial score (nSPS) is 17.0. The number of rotatable bonds is 5. The third-order valence-electron chi connectivity index (χ3n) is 5.49. The third-order valence-corrected chi connectivity index (χ3v) is 5.49. The lowest BCUT2D eigenvalue weighted by Crippen LogP contribution is -2.49. The zero-order valence-electron chi connectivity index (χ0n) is 15.3. The van der Waals surface area contributed by atoms with Crippen LogP contribution in [0.25, 0.3) is 0 Å². The molecule has 0 saturated carbocycles. The third kappa shape index (κ3) is 4.18. The monoisotopic (exact) mass is 322 g/mol. The topological polar surface area (TPSA) is 6.48 Å². The summed E-state index contributed by atoms with van der Waals surface area (Å²) in [6.45, 7) is 11.4. The molecule has 1 fully saturated rings. The molecular weight excluding hydrogens is 292 g/mol. The Kier molecular flexibility index (Phi) is 5.57. The maximum atomic E-state index is 2.65. The number of aryl methyl sites for hydroxylation is 3. The van der Waals surface area contributed by atoms with Gasteiger partial charge in [0.1, 0.15) is 0 Å². The first-order valence-electron chi connectivity index (χ1n) is 9.23. The lowest BCUT2D eigenvalue weighted by atomic mass is 10.0. The van der Waals surface area contributed by atoms with Crippen LogP contribution < -0.4 is 4.90 Å². The van der Waals surface area contributed by atoms with Gasteiger partial charge in [0.15, 0.2) is 0 Å². The van der Waals surface area contributed by atoms with Gasteiger partial charge >= 0.3 is 0 Å². The van der Waals surface area contributed by atoms with E-state index < -0.39 is 0 Å². The van der Waals surface area contributed by atoms with E-state index in [0.29, 0.717) is 6.04 Å². The predicted molar refractivity (Wildman–Crippen MR) is 104 cm³/mol. The lowest BCUT2D eigenvalue weighted by molar-refractivity contribution is 0.189. The summed E-state index contributed by atoms with van der Waals surface area (Å²) in [5.41, 5.74) is 5.62. The summed E-state index contributed by atoms with van der Waals surface area (Å²) in [6.07, 6.45) is 2.42. The first-order chi connectivity index (χ1) is 11.6. The molecule has 2 aromatic rings. The van der Waals surface area contributed by atoms with Crippen LogP contribution in [0.15, 0.2) is 48.5 Å². The van der Waals surface area contributed by atoms with Crippen molar-refractivity contribution in [3.63, 3.8) is 0 Å². The van der Waals surface area contributed by atoms with Crippen LogP contribution >= 0.6 is 0 Å². The molecule has 0 aliphatic carbocycles. The summed E-state index contributed by atoms with van der Waals surface area (Å²) < 4.78 is 0. The molecule has 2 nitrogen and oxygen atoms in total. The van der Waals surface area contributed by atoms with Crippen LogP contribution in [-0.4, -0.2) is 37.1 Å². The Balaban J connectivity index is 1.50. The molecule has 0 radical (unpaired) electrons. The standard InChI is InChI=1S/C22H30N2/c1-18-9-12-22(17-19(18)2)24-15-13-23(14-16-24)20(3)10-11-21-7-5-4-6-8-21/h4-9,12,17,20H,10-11,13-16H2,1-3H3. The van der Waals surface area contributed by atoms with Crippen LogP contribution in [0.2, 0.25) is 0 Å². The van der Waals surface area contributed by atoms with E-state index in [9.17, 15) is 0 Å². The highest BCUT2D eigenvalue weighted by Gasteiger charge is 2.21. The highest BCUT2D eigenvalue weighted by atomic mass is 15.3. The van der Waals surface area contributed by atoms with Crippen molar-refractivity contribution >= 4 is 5.69 Å². The summed E-state index contributed by atoms with van der Waals surface area (Å²) >= 11 is 0. The minimum Gasteiger partial charge on any atom is -0.369 e. The molecule has 1 heterocycles. The average molecular weight is 322 g/mol. The van der Waals surface area contributed by atoms with E-state index in [4.69, 9.17) is 0 Å². The molecule has 0 spiro atoms. The number of hydrogen-bond donors (Lipinski definition) is 0. The number of hydrogen-bond acceptors (Lipinski definition) is 2. The van der Waals surface area contributed by atoms with Crippen LogP contribution in [0.1, 0.15) is 30.0 Å². The van der Waals surface area contributed by atoms with Gasteiger partial charge in [0.25, 0.3) is 0 Å². The summed E-state index contributed by atoms with van der Waals surface area (Å²) in [4.78, 5) is 5.19. The Morgan fingerprint density at radius 2 is 1.58 bits per heavy atom. The maximum Gasteiger partial charge on any atom is 0.0369 e. The van der Waals surface area contributed by atoms with Crippen LogP contribution in [0, 0.1) is 13.8 Å². The van der Waals surface area contributed by atoms with Crippen molar-refractivity contribution in [3.8, 4) is 0 Å². The fourth-order valence-corrected chi connectivity index (χ4v) is 3.55. The molecule has 2 heteroatoms. The highest BCUT2D eigenvalue weighted by Crippen LogP contribution is 2.21. The predicted octanol–water partition coefficient (Wildman–Crippen LogP) is 4.45. The van der Waals surface area contributed by atoms with Gasteiger partial charge in [0.05, 0.1) is 0 Å². The Morgan fingerprint density at radius 1 is 0.875 bits per heavy atom. The van der Waals surface area contributed by atoms with Gasteiger partial charge in [-0.05, 0) is 62.4 Å². The minimum atomic E-state index is 0.659. The van der Waals surface area contributed by atoms with Crippen molar-refractivity contribution in [2.75, 3.05) is 31.1 Å². The molecule has 0 amide bonds. The molecule has 2 aromatic carbocycles. The summed E-state index contributed by atoms with van der Waals surface area (Å²) in [5.74, 6) is 0. The van der Waals surface area contributed by atoms with Crippen molar-refractivity contribution in [2.24, 2.45) is 0 Å². The van der Waals surface area contributed by atoms with Gasteiger partial charge in [0.2, 0.25) is 0 Å². The molecule has 1 aliphatic heterocycles. The Morgan fingerprint density at radius 3 is 2.25 bits per heavy atom. The average Bonchev–Trinajstić information content (AvgIpc) is 2.63. The van der Waals surface area contributed by atoms with Crippen molar-refractivity contribution in [1.82, 2.24) is 4.90 Å². The lowest BCUT2D eigenvalue weighted by Gasteiger charge is -2.39. The van der Waals surface area contributed by atoms with Crippen LogP contribution in [0.5, 0.6) is 0 Å². The van der Waals surface area contributed by atoms with Crippen molar-refractivity contribution < 1.29 is 0 Å². The fraction of sp³-hybridized carbons (Fsp3) is 0.455. The smallest absolute Gasteiger partial charge is 0.0369 e. The largest absolute Gasteiger partial charge is 0.369 e. The van der Waals surface area contributed by atoms with Crippen LogP contribution in [0.3, 0.4) is 0 Å². The number of piperazine rings is 1. The molecule has 1 saturated heterocycles. The highest BCUT2D eigenvalue weighted by molar-refractivity contribution is 5.51. The molecule has 0 N–H and O–H groups in total. The van der Waals surface area contributed by atoms with Crippen LogP contribution in [-0.2, 0) is 6.42 Å². The molecule has 24 heavy (non-hydrogen) atoms. The Bertz CT molecular complexity index is 642. The second-order valence-electron chi connectivity index (χ2n) is 7.16. The molecule has 0 aromatic heterocycles. The second kappa shape index (κ2) is 7.85. The van der Waals surface area contributed by atoms with E-state index in [1.54, 1.807) is 0 Å². The van der Waals surface area contributed by atoms with Crippen LogP contribution in [0.4, 0.5) is 5.69 Å².